The van der Waals surface area contributed by atoms with Gasteiger partial charge < -0.3 is 14.2 Å². The van der Waals surface area contributed by atoms with E-state index >= 15 is 0 Å². The lowest BCUT2D eigenvalue weighted by atomic mass is 9.94. The predicted molar refractivity (Wildman–Crippen MR) is 128 cm³/mol. The zero-order valence-corrected chi connectivity index (χ0v) is 19.6. The maximum atomic E-state index is 13.3. The Bertz CT molecular complexity index is 1160. The van der Waals surface area contributed by atoms with E-state index in [1.54, 1.807) is 35.2 Å². The first-order valence-electron chi connectivity index (χ1n) is 11.3. The zero-order valence-electron chi connectivity index (χ0n) is 18.9. The molecule has 178 valence electrons. The molecule has 0 N–H and O–H groups in total. The van der Waals surface area contributed by atoms with Gasteiger partial charge in [0.15, 0.2) is 0 Å². The molecule has 0 saturated carbocycles. The number of carbonyl (C=O) groups is 1. The zero-order chi connectivity index (χ0) is 24.1. The number of aromatic nitrogens is 2. The van der Waals surface area contributed by atoms with Gasteiger partial charge in [-0.1, -0.05) is 42.8 Å². The number of rotatable bonds is 8. The predicted octanol–water partition coefficient (Wildman–Crippen LogP) is 4.95. The second kappa shape index (κ2) is 10.6. The van der Waals surface area contributed by atoms with Crippen LogP contribution < -0.4 is 4.90 Å². The number of nitrogens with zero attached hydrogens (tertiary/aromatic N) is 5. The van der Waals surface area contributed by atoms with Crippen LogP contribution in [0.25, 0.3) is 11.5 Å². The average Bonchev–Trinajstić information content (AvgIpc) is 3.32. The molecule has 1 amide bonds. The fraction of sp³-hybridized carbons (Fsp3) is 0.375. The fourth-order valence-electron chi connectivity index (χ4n) is 4.27. The summed E-state index contributed by atoms with van der Waals surface area (Å²) in [4.78, 5) is 28.1. The van der Waals surface area contributed by atoms with E-state index in [4.69, 9.17) is 16.0 Å². The number of amides is 1. The van der Waals surface area contributed by atoms with Crippen LogP contribution in [-0.2, 0) is 11.3 Å². The number of nitro benzene ring substituents is 1. The van der Waals surface area contributed by atoms with Crippen LogP contribution >= 0.6 is 11.6 Å². The summed E-state index contributed by atoms with van der Waals surface area (Å²) >= 11 is 6.22. The molecule has 2 heterocycles. The molecule has 0 spiro atoms. The highest BCUT2D eigenvalue weighted by molar-refractivity contribution is 6.33. The lowest BCUT2D eigenvalue weighted by Crippen LogP contribution is -2.42. The van der Waals surface area contributed by atoms with Crippen molar-refractivity contribution in [2.45, 2.75) is 32.7 Å². The number of piperidine rings is 1. The fourth-order valence-corrected chi connectivity index (χ4v) is 4.49. The van der Waals surface area contributed by atoms with Gasteiger partial charge in [-0.25, -0.2) is 0 Å². The highest BCUT2D eigenvalue weighted by Crippen LogP contribution is 2.32. The van der Waals surface area contributed by atoms with Crippen molar-refractivity contribution >= 4 is 28.9 Å². The number of hydrogen-bond acceptors (Lipinski definition) is 7. The maximum absolute atomic E-state index is 13.3. The van der Waals surface area contributed by atoms with Gasteiger partial charge in [-0.3, -0.25) is 14.9 Å². The Morgan fingerprint density at radius 1 is 1.18 bits per heavy atom. The van der Waals surface area contributed by atoms with Gasteiger partial charge in [-0.2, -0.15) is 0 Å². The molecule has 0 radical (unpaired) electrons. The molecule has 1 fully saturated rings. The first-order chi connectivity index (χ1) is 16.5. The third-order valence-corrected chi connectivity index (χ3v) is 6.30. The average molecular weight is 484 g/mol. The van der Waals surface area contributed by atoms with Crippen LogP contribution in [0.15, 0.2) is 52.9 Å². The summed E-state index contributed by atoms with van der Waals surface area (Å²) < 4.78 is 5.80. The lowest BCUT2D eigenvalue weighted by Gasteiger charge is -2.34. The largest absolute Gasteiger partial charge is 0.419 e. The number of hydrogen-bond donors (Lipinski definition) is 0. The third kappa shape index (κ3) is 5.20. The van der Waals surface area contributed by atoms with Gasteiger partial charge in [0, 0.05) is 31.6 Å². The molecule has 3 aromatic rings. The van der Waals surface area contributed by atoms with Gasteiger partial charge >= 0.3 is 0 Å². The van der Waals surface area contributed by atoms with E-state index in [1.165, 1.54) is 6.07 Å². The van der Waals surface area contributed by atoms with Crippen molar-refractivity contribution in [3.8, 4) is 11.5 Å². The molecule has 1 saturated heterocycles. The molecular formula is C24H26ClN5O4. The topological polar surface area (TPSA) is 106 Å². The molecule has 10 heteroatoms. The van der Waals surface area contributed by atoms with E-state index < -0.39 is 0 Å². The van der Waals surface area contributed by atoms with Gasteiger partial charge in [0.2, 0.25) is 17.7 Å². The van der Waals surface area contributed by atoms with Crippen molar-refractivity contribution < 1.29 is 14.1 Å². The smallest absolute Gasteiger partial charge is 0.292 e. The van der Waals surface area contributed by atoms with Crippen LogP contribution in [0, 0.1) is 16.0 Å². The number of benzene rings is 2. The summed E-state index contributed by atoms with van der Waals surface area (Å²) in [5, 5.41) is 20.1. The van der Waals surface area contributed by atoms with Crippen LogP contribution in [0.2, 0.25) is 5.02 Å². The number of para-hydroxylation sites is 2. The summed E-state index contributed by atoms with van der Waals surface area (Å²) in [5.41, 5.74) is 1.34. The van der Waals surface area contributed by atoms with E-state index in [2.05, 4.69) is 10.2 Å². The Hall–Kier alpha value is -3.46. The Balaban J connectivity index is 1.41. The number of nitro groups is 1. The van der Waals surface area contributed by atoms with Crippen molar-refractivity contribution in [3.05, 3.63) is 69.6 Å². The van der Waals surface area contributed by atoms with Crippen LogP contribution in [0.5, 0.6) is 0 Å². The van der Waals surface area contributed by atoms with E-state index in [9.17, 15) is 14.9 Å². The van der Waals surface area contributed by atoms with Gasteiger partial charge in [0.05, 0.1) is 22.1 Å². The second-order valence-corrected chi connectivity index (χ2v) is 8.65. The number of halogens is 1. The molecule has 0 bridgehead atoms. The van der Waals surface area contributed by atoms with E-state index in [0.29, 0.717) is 60.5 Å². The van der Waals surface area contributed by atoms with Crippen LogP contribution in [0.4, 0.5) is 11.4 Å². The van der Waals surface area contributed by atoms with Crippen LogP contribution in [0.1, 0.15) is 32.1 Å². The van der Waals surface area contributed by atoms with E-state index in [1.807, 2.05) is 24.0 Å². The SMILES string of the molecule is CCCN(Cc1nnc(-c2ccccc2Cl)o1)C(=O)C1CCN(c2ccccc2[N+](=O)[O-])CC1. The minimum atomic E-state index is -0.364. The van der Waals surface area contributed by atoms with Crippen molar-refractivity contribution in [1.29, 1.82) is 0 Å². The number of anilines is 1. The summed E-state index contributed by atoms with van der Waals surface area (Å²) in [6, 6.07) is 14.0. The van der Waals surface area contributed by atoms with Crippen LogP contribution in [-0.4, -0.2) is 45.6 Å². The third-order valence-electron chi connectivity index (χ3n) is 5.97. The van der Waals surface area contributed by atoms with E-state index in [-0.39, 0.29) is 29.0 Å². The number of carbonyl (C=O) groups excluding carboxylic acids is 1. The Kier molecular flexibility index (Phi) is 7.42. The highest BCUT2D eigenvalue weighted by atomic mass is 35.5. The van der Waals surface area contributed by atoms with Gasteiger partial charge in [-0.05, 0) is 37.5 Å². The quantitative estimate of drug-likeness (QED) is 0.329. The highest BCUT2D eigenvalue weighted by Gasteiger charge is 2.31. The molecule has 9 nitrogen and oxygen atoms in total. The van der Waals surface area contributed by atoms with Crippen molar-refractivity contribution in [2.75, 3.05) is 24.5 Å². The maximum Gasteiger partial charge on any atom is 0.292 e. The molecule has 4 rings (SSSR count). The van der Waals surface area contributed by atoms with Crippen LogP contribution in [0.3, 0.4) is 0 Å². The first-order valence-corrected chi connectivity index (χ1v) is 11.7. The Labute approximate surface area is 202 Å². The van der Waals surface area contributed by atoms with Crippen molar-refractivity contribution in [2.24, 2.45) is 5.92 Å². The standard InChI is InChI=1S/C24H26ClN5O4/c1-2-13-29(16-22-26-27-23(34-22)18-7-3-4-8-19(18)25)24(31)17-11-14-28(15-12-17)20-9-5-6-10-21(20)30(32)33/h3-10,17H,2,11-16H2,1H3. The summed E-state index contributed by atoms with van der Waals surface area (Å²) in [6.07, 6.45) is 2.05. The normalized spacial score (nSPS) is 14.2. The monoisotopic (exact) mass is 483 g/mol. The summed E-state index contributed by atoms with van der Waals surface area (Å²) in [5.74, 6) is 0.564. The molecule has 0 aliphatic carbocycles. The molecule has 2 aromatic carbocycles. The van der Waals surface area contributed by atoms with Gasteiger partial charge in [0.1, 0.15) is 5.69 Å². The second-order valence-electron chi connectivity index (χ2n) is 8.25. The minimum Gasteiger partial charge on any atom is -0.419 e. The molecule has 1 aliphatic rings. The molecule has 0 atom stereocenters. The molecular weight excluding hydrogens is 458 g/mol. The summed E-state index contributed by atoms with van der Waals surface area (Å²) in [6.45, 7) is 3.98. The Morgan fingerprint density at radius 2 is 1.88 bits per heavy atom. The van der Waals surface area contributed by atoms with Crippen molar-refractivity contribution in [3.63, 3.8) is 0 Å². The molecule has 1 aromatic heterocycles. The lowest BCUT2D eigenvalue weighted by molar-refractivity contribution is -0.384. The van der Waals surface area contributed by atoms with Gasteiger partial charge in [0.25, 0.3) is 5.69 Å². The van der Waals surface area contributed by atoms with E-state index in [0.717, 1.165) is 6.42 Å². The molecule has 1 aliphatic heterocycles. The summed E-state index contributed by atoms with van der Waals surface area (Å²) in [7, 11) is 0. The molecule has 34 heavy (non-hydrogen) atoms. The first kappa shape index (κ1) is 23.7. The van der Waals surface area contributed by atoms with Crippen molar-refractivity contribution in [1.82, 2.24) is 15.1 Å². The Morgan fingerprint density at radius 3 is 2.59 bits per heavy atom. The van der Waals surface area contributed by atoms with Gasteiger partial charge in [-0.15, -0.1) is 10.2 Å². The minimum absolute atomic E-state index is 0.0431. The molecule has 0 unspecified atom stereocenters.